The molecule has 0 unspecified atom stereocenters. The van der Waals surface area contributed by atoms with Gasteiger partial charge in [-0.3, -0.25) is 10.1 Å². The van der Waals surface area contributed by atoms with Gasteiger partial charge in [0.2, 0.25) is 0 Å². The molecule has 1 saturated carbocycles. The zero-order valence-corrected chi connectivity index (χ0v) is 9.73. The summed E-state index contributed by atoms with van der Waals surface area (Å²) in [6, 6.07) is 2.26. The van der Waals surface area contributed by atoms with E-state index < -0.39 is 16.4 Å². The number of halogens is 1. The van der Waals surface area contributed by atoms with Gasteiger partial charge in [-0.05, 0) is 31.7 Å². The second kappa shape index (κ2) is 3.83. The van der Waals surface area contributed by atoms with Gasteiger partial charge in [0.25, 0.3) is 5.69 Å². The molecule has 0 amide bonds. The van der Waals surface area contributed by atoms with E-state index in [1.54, 1.807) is 0 Å². The molecule has 1 aromatic rings. The van der Waals surface area contributed by atoms with Gasteiger partial charge in [0.05, 0.1) is 4.92 Å². The second-order valence-electron chi connectivity index (χ2n) is 4.79. The van der Waals surface area contributed by atoms with Crippen LogP contribution >= 0.6 is 0 Å². The highest BCUT2D eigenvalue weighted by Crippen LogP contribution is 2.33. The first-order valence-corrected chi connectivity index (χ1v) is 6.04. The standard InChI is InChI=1S/C12H12FN3O2/c13-8-4-5-9(16(17)18)11-10(8)14-12(15-11)6-2-1-3-7-12/h4-5H,1-3,6-7H2. The van der Waals surface area contributed by atoms with Crippen LogP contribution in [0.3, 0.4) is 0 Å². The van der Waals surface area contributed by atoms with E-state index in [1.807, 2.05) is 0 Å². The van der Waals surface area contributed by atoms with Crippen LogP contribution in [0.25, 0.3) is 0 Å². The molecule has 0 N–H and O–H groups in total. The number of nitro groups is 1. The molecule has 18 heavy (non-hydrogen) atoms. The monoisotopic (exact) mass is 249 g/mol. The van der Waals surface area contributed by atoms with Crippen LogP contribution in [0.15, 0.2) is 22.1 Å². The van der Waals surface area contributed by atoms with E-state index >= 15 is 0 Å². The highest BCUT2D eigenvalue weighted by atomic mass is 19.1. The number of nitrogens with zero attached hydrogens (tertiary/aromatic N) is 3. The van der Waals surface area contributed by atoms with E-state index in [-0.39, 0.29) is 16.4 Å². The maximum Gasteiger partial charge on any atom is 0.296 e. The number of hydrogen-bond donors (Lipinski definition) is 0. The third kappa shape index (κ3) is 1.60. The zero-order chi connectivity index (χ0) is 12.8. The van der Waals surface area contributed by atoms with E-state index in [4.69, 9.17) is 0 Å². The SMILES string of the molecule is O=[N+]([O-])c1ccc(F)c2c1=NC1(CCCCC1)N=2. The minimum absolute atomic E-state index is 0.0612. The predicted molar refractivity (Wildman–Crippen MR) is 61.2 cm³/mol. The van der Waals surface area contributed by atoms with Gasteiger partial charge >= 0.3 is 0 Å². The van der Waals surface area contributed by atoms with Gasteiger partial charge in [-0.15, -0.1) is 0 Å². The summed E-state index contributed by atoms with van der Waals surface area (Å²) in [7, 11) is 0. The summed E-state index contributed by atoms with van der Waals surface area (Å²) >= 11 is 0. The number of non-ortho nitro benzene ring substituents is 1. The van der Waals surface area contributed by atoms with Gasteiger partial charge in [0.15, 0.2) is 16.8 Å². The van der Waals surface area contributed by atoms with Crippen molar-refractivity contribution in [1.82, 2.24) is 0 Å². The molecule has 0 radical (unpaired) electrons. The maximum atomic E-state index is 13.7. The van der Waals surface area contributed by atoms with Gasteiger partial charge in [0, 0.05) is 6.07 Å². The molecule has 0 bridgehead atoms. The topological polar surface area (TPSA) is 67.9 Å². The summed E-state index contributed by atoms with van der Waals surface area (Å²) in [5.41, 5.74) is -0.800. The van der Waals surface area contributed by atoms with Crippen LogP contribution in [-0.4, -0.2) is 10.6 Å². The molecule has 3 rings (SSSR count). The van der Waals surface area contributed by atoms with Gasteiger partial charge in [0.1, 0.15) is 5.36 Å². The Morgan fingerprint density at radius 3 is 2.50 bits per heavy atom. The van der Waals surface area contributed by atoms with E-state index in [2.05, 4.69) is 9.98 Å². The quantitative estimate of drug-likeness (QED) is 0.561. The van der Waals surface area contributed by atoms with Crippen molar-refractivity contribution in [1.29, 1.82) is 0 Å². The van der Waals surface area contributed by atoms with Crippen LogP contribution in [0.4, 0.5) is 10.1 Å². The molecule has 1 aliphatic heterocycles. The van der Waals surface area contributed by atoms with Crippen molar-refractivity contribution in [3.05, 3.63) is 38.8 Å². The van der Waals surface area contributed by atoms with Crippen molar-refractivity contribution in [2.24, 2.45) is 9.98 Å². The molecule has 0 atom stereocenters. The number of nitro benzene ring substituents is 1. The fourth-order valence-corrected chi connectivity index (χ4v) is 2.69. The highest BCUT2D eigenvalue weighted by molar-refractivity contribution is 5.31. The molecule has 6 heteroatoms. The average Bonchev–Trinajstić information content (AvgIpc) is 2.70. The number of fused-ring (bicyclic) bond motifs is 1. The number of benzene rings is 1. The van der Waals surface area contributed by atoms with Crippen molar-refractivity contribution in [3.63, 3.8) is 0 Å². The Balaban J connectivity index is 2.24. The second-order valence-corrected chi connectivity index (χ2v) is 4.79. The Kier molecular flexibility index (Phi) is 2.39. The highest BCUT2D eigenvalue weighted by Gasteiger charge is 2.35. The molecule has 1 aromatic carbocycles. The van der Waals surface area contributed by atoms with Crippen molar-refractivity contribution < 1.29 is 9.31 Å². The van der Waals surface area contributed by atoms with E-state index in [0.29, 0.717) is 0 Å². The molecule has 2 aliphatic rings. The summed E-state index contributed by atoms with van der Waals surface area (Å²) in [6.45, 7) is 0. The molecular weight excluding hydrogens is 237 g/mol. The Hall–Kier alpha value is -1.85. The molecule has 0 aromatic heterocycles. The summed E-state index contributed by atoms with van der Waals surface area (Å²) in [6.07, 6.45) is 4.58. The Morgan fingerprint density at radius 2 is 1.83 bits per heavy atom. The Bertz CT molecular complexity index is 635. The Labute approximate surface area is 102 Å². The summed E-state index contributed by atoms with van der Waals surface area (Å²) in [5.74, 6) is -0.526. The minimum atomic E-state index is -0.645. The predicted octanol–water partition coefficient (Wildman–Crippen LogP) is 1.65. The van der Waals surface area contributed by atoms with Crippen LogP contribution in [-0.2, 0) is 0 Å². The van der Waals surface area contributed by atoms with E-state index in [1.165, 1.54) is 0 Å². The number of hydrogen-bond acceptors (Lipinski definition) is 4. The van der Waals surface area contributed by atoms with Gasteiger partial charge in [-0.2, -0.15) is 0 Å². The fraction of sp³-hybridized carbons (Fsp3) is 0.500. The molecule has 1 fully saturated rings. The molecule has 1 aliphatic carbocycles. The lowest BCUT2D eigenvalue weighted by Crippen LogP contribution is -2.28. The fourth-order valence-electron chi connectivity index (χ4n) is 2.69. The van der Waals surface area contributed by atoms with E-state index in [0.717, 1.165) is 44.2 Å². The first-order valence-electron chi connectivity index (χ1n) is 6.04. The van der Waals surface area contributed by atoms with Gasteiger partial charge in [-0.25, -0.2) is 14.4 Å². The van der Waals surface area contributed by atoms with Gasteiger partial charge < -0.3 is 0 Å². The lowest BCUT2D eigenvalue weighted by Gasteiger charge is -2.27. The van der Waals surface area contributed by atoms with Crippen LogP contribution < -0.4 is 10.7 Å². The van der Waals surface area contributed by atoms with Gasteiger partial charge in [-0.1, -0.05) is 6.42 Å². The lowest BCUT2D eigenvalue weighted by atomic mass is 9.90. The lowest BCUT2D eigenvalue weighted by molar-refractivity contribution is -0.386. The summed E-state index contributed by atoms with van der Waals surface area (Å²) in [4.78, 5) is 19.1. The third-order valence-corrected chi connectivity index (χ3v) is 3.57. The first kappa shape index (κ1) is 11.3. The van der Waals surface area contributed by atoms with Crippen LogP contribution in [0.5, 0.6) is 0 Å². The molecule has 94 valence electrons. The summed E-state index contributed by atoms with van der Waals surface area (Å²) in [5, 5.41) is 11.1. The van der Waals surface area contributed by atoms with Crippen LogP contribution in [0.1, 0.15) is 32.1 Å². The Morgan fingerprint density at radius 1 is 1.17 bits per heavy atom. The van der Waals surface area contributed by atoms with Crippen molar-refractivity contribution in [2.45, 2.75) is 37.8 Å². The largest absolute Gasteiger partial charge is 0.296 e. The molecule has 1 spiro atoms. The molecule has 5 nitrogen and oxygen atoms in total. The maximum absolute atomic E-state index is 13.7. The van der Waals surface area contributed by atoms with Crippen molar-refractivity contribution in [2.75, 3.05) is 0 Å². The van der Waals surface area contributed by atoms with Crippen molar-refractivity contribution >= 4 is 5.69 Å². The zero-order valence-electron chi connectivity index (χ0n) is 9.73. The van der Waals surface area contributed by atoms with Crippen LogP contribution in [0.2, 0.25) is 0 Å². The molecular formula is C12H12FN3O2. The normalized spacial score (nSPS) is 20.1. The average molecular weight is 249 g/mol. The molecule has 0 saturated heterocycles. The van der Waals surface area contributed by atoms with Crippen molar-refractivity contribution in [3.8, 4) is 0 Å². The third-order valence-electron chi connectivity index (χ3n) is 3.57. The summed E-state index contributed by atoms with van der Waals surface area (Å²) < 4.78 is 13.7. The minimum Gasteiger partial charge on any atom is -0.258 e. The first-order chi connectivity index (χ1) is 8.61. The van der Waals surface area contributed by atoms with Crippen LogP contribution in [0, 0.1) is 15.9 Å². The van der Waals surface area contributed by atoms with E-state index in [9.17, 15) is 14.5 Å². The molecule has 1 heterocycles. The number of rotatable bonds is 1. The smallest absolute Gasteiger partial charge is 0.258 e.